The molecule has 0 aliphatic carbocycles. The van der Waals surface area contributed by atoms with E-state index in [-0.39, 0.29) is 6.10 Å². The first-order valence-electron chi connectivity index (χ1n) is 9.23. The minimum Gasteiger partial charge on any atom is -0.393 e. The fourth-order valence-electron chi connectivity index (χ4n) is 3.05. The third kappa shape index (κ3) is 6.84. The van der Waals surface area contributed by atoms with Gasteiger partial charge < -0.3 is 20.2 Å². The van der Waals surface area contributed by atoms with Crippen LogP contribution in [0.25, 0.3) is 0 Å². The first kappa shape index (κ1) is 20.0. The molecule has 140 valence electrons. The van der Waals surface area contributed by atoms with Crippen LogP contribution in [0.2, 0.25) is 5.02 Å². The molecule has 2 rings (SSSR count). The molecular formula is C19H31ClN4O. The third-order valence-corrected chi connectivity index (χ3v) is 4.88. The maximum atomic E-state index is 9.56. The van der Waals surface area contributed by atoms with Crippen molar-refractivity contribution in [3.63, 3.8) is 0 Å². The fourth-order valence-corrected chi connectivity index (χ4v) is 3.24. The largest absolute Gasteiger partial charge is 0.393 e. The molecule has 6 heteroatoms. The number of benzene rings is 1. The number of nitrogens with zero attached hydrogens (tertiary/aromatic N) is 3. The quantitative estimate of drug-likeness (QED) is 0.442. The summed E-state index contributed by atoms with van der Waals surface area (Å²) in [5, 5.41) is 13.7. The number of hydrogen-bond donors (Lipinski definition) is 2. The molecule has 0 spiro atoms. The predicted molar refractivity (Wildman–Crippen MR) is 105 cm³/mol. The van der Waals surface area contributed by atoms with Gasteiger partial charge in [-0.2, -0.15) is 0 Å². The van der Waals surface area contributed by atoms with Crippen LogP contribution in [0.4, 0.5) is 0 Å². The van der Waals surface area contributed by atoms with Crippen molar-refractivity contribution in [2.75, 3.05) is 39.8 Å². The minimum absolute atomic E-state index is 0.104. The molecular weight excluding hydrogens is 336 g/mol. The van der Waals surface area contributed by atoms with Crippen LogP contribution in [-0.4, -0.2) is 66.7 Å². The Balaban J connectivity index is 1.81. The van der Waals surface area contributed by atoms with Crippen LogP contribution in [0.3, 0.4) is 0 Å². The SMILES string of the molecule is CCNC(=NCCCN1CCC(O)CC1)N(C)Cc1ccccc1Cl. The van der Waals surface area contributed by atoms with Crippen molar-refractivity contribution in [1.82, 2.24) is 15.1 Å². The van der Waals surface area contributed by atoms with E-state index in [0.717, 1.165) is 75.1 Å². The molecule has 1 aliphatic rings. The molecule has 1 aromatic carbocycles. The van der Waals surface area contributed by atoms with Gasteiger partial charge in [-0.1, -0.05) is 29.8 Å². The Hall–Kier alpha value is -1.30. The fraction of sp³-hybridized carbons (Fsp3) is 0.632. The molecule has 0 saturated carbocycles. The van der Waals surface area contributed by atoms with E-state index in [2.05, 4.69) is 22.0 Å². The van der Waals surface area contributed by atoms with Crippen molar-refractivity contribution in [3.8, 4) is 0 Å². The van der Waals surface area contributed by atoms with E-state index in [1.165, 1.54) is 0 Å². The van der Waals surface area contributed by atoms with E-state index < -0.39 is 0 Å². The van der Waals surface area contributed by atoms with Gasteiger partial charge in [-0.25, -0.2) is 0 Å². The monoisotopic (exact) mass is 366 g/mol. The standard InChI is InChI=1S/C19H31ClN4O/c1-3-21-19(23(2)15-16-7-4-5-8-18(16)20)22-11-6-12-24-13-9-17(25)10-14-24/h4-5,7-8,17,25H,3,6,9-15H2,1-2H3,(H,21,22). The molecule has 1 fully saturated rings. The van der Waals surface area contributed by atoms with Gasteiger partial charge in [0.25, 0.3) is 0 Å². The lowest BCUT2D eigenvalue weighted by molar-refractivity contribution is 0.0824. The van der Waals surface area contributed by atoms with Crippen LogP contribution < -0.4 is 5.32 Å². The van der Waals surface area contributed by atoms with Crippen molar-refractivity contribution in [1.29, 1.82) is 0 Å². The molecule has 0 aromatic heterocycles. The maximum absolute atomic E-state index is 9.56. The summed E-state index contributed by atoms with van der Waals surface area (Å²) in [4.78, 5) is 9.28. The number of nitrogens with one attached hydrogen (secondary N) is 1. The summed E-state index contributed by atoms with van der Waals surface area (Å²) in [6.45, 7) is 7.50. The second-order valence-corrected chi connectivity index (χ2v) is 7.02. The number of aliphatic hydroxyl groups excluding tert-OH is 1. The third-order valence-electron chi connectivity index (χ3n) is 4.51. The topological polar surface area (TPSA) is 51.1 Å². The van der Waals surface area contributed by atoms with Crippen LogP contribution in [0.15, 0.2) is 29.3 Å². The zero-order valence-electron chi connectivity index (χ0n) is 15.4. The smallest absolute Gasteiger partial charge is 0.193 e. The highest BCUT2D eigenvalue weighted by molar-refractivity contribution is 6.31. The molecule has 1 aliphatic heterocycles. The highest BCUT2D eigenvalue weighted by Gasteiger charge is 2.16. The van der Waals surface area contributed by atoms with E-state index in [1.807, 2.05) is 31.3 Å². The van der Waals surface area contributed by atoms with Crippen molar-refractivity contribution >= 4 is 17.6 Å². The average Bonchev–Trinajstić information content (AvgIpc) is 2.61. The Morgan fingerprint density at radius 3 is 2.76 bits per heavy atom. The summed E-state index contributed by atoms with van der Waals surface area (Å²) in [6.07, 6.45) is 2.72. The normalized spacial score (nSPS) is 16.9. The Kier molecular flexibility index (Phi) is 8.52. The maximum Gasteiger partial charge on any atom is 0.193 e. The molecule has 25 heavy (non-hydrogen) atoms. The molecule has 2 N–H and O–H groups in total. The highest BCUT2D eigenvalue weighted by atomic mass is 35.5. The van der Waals surface area contributed by atoms with Gasteiger partial charge in [-0.05, 0) is 44.4 Å². The van der Waals surface area contributed by atoms with Gasteiger partial charge >= 0.3 is 0 Å². The molecule has 0 unspecified atom stereocenters. The predicted octanol–water partition coefficient (Wildman–Crippen LogP) is 2.58. The van der Waals surface area contributed by atoms with Crippen LogP contribution in [0, 0.1) is 0 Å². The Morgan fingerprint density at radius 1 is 1.36 bits per heavy atom. The van der Waals surface area contributed by atoms with Gasteiger partial charge in [0.15, 0.2) is 5.96 Å². The van der Waals surface area contributed by atoms with Crippen LogP contribution in [0.1, 0.15) is 31.7 Å². The second kappa shape index (κ2) is 10.6. The number of piperidine rings is 1. The molecule has 1 aromatic rings. The van der Waals surface area contributed by atoms with E-state index in [9.17, 15) is 5.11 Å². The van der Waals surface area contributed by atoms with E-state index >= 15 is 0 Å². The summed E-state index contributed by atoms with van der Waals surface area (Å²) in [7, 11) is 2.04. The van der Waals surface area contributed by atoms with Crippen LogP contribution in [-0.2, 0) is 6.54 Å². The number of halogens is 1. The van der Waals surface area contributed by atoms with Gasteiger partial charge in [0, 0.05) is 44.8 Å². The lowest BCUT2D eigenvalue weighted by atomic mass is 10.1. The van der Waals surface area contributed by atoms with Gasteiger partial charge in [0.05, 0.1) is 6.10 Å². The molecule has 0 bridgehead atoms. The molecule has 1 heterocycles. The van der Waals surface area contributed by atoms with E-state index in [4.69, 9.17) is 16.6 Å². The molecule has 1 saturated heterocycles. The summed E-state index contributed by atoms with van der Waals surface area (Å²) < 4.78 is 0. The minimum atomic E-state index is -0.104. The van der Waals surface area contributed by atoms with Crippen molar-refractivity contribution in [2.24, 2.45) is 4.99 Å². The van der Waals surface area contributed by atoms with Crippen LogP contribution in [0.5, 0.6) is 0 Å². The van der Waals surface area contributed by atoms with E-state index in [1.54, 1.807) is 0 Å². The second-order valence-electron chi connectivity index (χ2n) is 6.61. The summed E-state index contributed by atoms with van der Waals surface area (Å²) in [5.74, 6) is 0.913. The zero-order chi connectivity index (χ0) is 18.1. The highest BCUT2D eigenvalue weighted by Crippen LogP contribution is 2.16. The number of aliphatic imine (C=N–C) groups is 1. The van der Waals surface area contributed by atoms with Crippen molar-refractivity contribution < 1.29 is 5.11 Å². The lowest BCUT2D eigenvalue weighted by Gasteiger charge is -2.29. The molecule has 0 radical (unpaired) electrons. The molecule has 0 amide bonds. The van der Waals surface area contributed by atoms with Gasteiger partial charge in [0.1, 0.15) is 0 Å². The van der Waals surface area contributed by atoms with Gasteiger partial charge in [-0.15, -0.1) is 0 Å². The number of aliphatic hydroxyl groups is 1. The summed E-state index contributed by atoms with van der Waals surface area (Å²) in [6, 6.07) is 7.93. The average molecular weight is 367 g/mol. The van der Waals surface area contributed by atoms with Crippen LogP contribution >= 0.6 is 11.6 Å². The van der Waals surface area contributed by atoms with E-state index in [0.29, 0.717) is 0 Å². The van der Waals surface area contributed by atoms with Crippen molar-refractivity contribution in [3.05, 3.63) is 34.9 Å². The number of likely N-dealkylation sites (tertiary alicyclic amines) is 1. The Bertz CT molecular complexity index is 544. The first-order valence-corrected chi connectivity index (χ1v) is 9.61. The Labute approximate surface area is 156 Å². The summed E-state index contributed by atoms with van der Waals surface area (Å²) >= 11 is 6.26. The lowest BCUT2D eigenvalue weighted by Crippen LogP contribution is -2.39. The first-order chi connectivity index (χ1) is 12.1. The van der Waals surface area contributed by atoms with Gasteiger partial charge in [-0.3, -0.25) is 4.99 Å². The molecule has 5 nitrogen and oxygen atoms in total. The zero-order valence-corrected chi connectivity index (χ0v) is 16.2. The number of hydrogen-bond acceptors (Lipinski definition) is 3. The van der Waals surface area contributed by atoms with Gasteiger partial charge in [0.2, 0.25) is 0 Å². The summed E-state index contributed by atoms with van der Waals surface area (Å²) in [5.41, 5.74) is 1.10. The number of guanidine groups is 1. The number of rotatable bonds is 7. The Morgan fingerprint density at radius 2 is 2.08 bits per heavy atom. The van der Waals surface area contributed by atoms with Crippen molar-refractivity contribution in [2.45, 2.75) is 38.8 Å². The molecule has 0 atom stereocenters.